The Labute approximate surface area is 192 Å². The van der Waals surface area contributed by atoms with Crippen molar-refractivity contribution in [3.8, 4) is 11.5 Å². The standard InChI is InChI=1S/C28H50O3/c1-20(2)11-8-12-21(3)13-9-14-22(4)15-10-17-28(7,31)18-16-25-23(5)19-26(29)27(30)24(25)6/h19-22,29-31H,8-18H2,1-7H3. The van der Waals surface area contributed by atoms with E-state index in [2.05, 4.69) is 27.7 Å². The molecule has 1 rings (SSSR count). The summed E-state index contributed by atoms with van der Waals surface area (Å²) in [7, 11) is 0. The zero-order valence-corrected chi connectivity index (χ0v) is 21.4. The van der Waals surface area contributed by atoms with Crippen molar-refractivity contribution in [3.05, 3.63) is 22.8 Å². The third-order valence-electron chi connectivity index (χ3n) is 7.08. The number of phenols is 2. The highest BCUT2D eigenvalue weighted by atomic mass is 16.3. The number of aromatic hydroxyl groups is 2. The lowest BCUT2D eigenvalue weighted by atomic mass is 9.87. The summed E-state index contributed by atoms with van der Waals surface area (Å²) < 4.78 is 0. The molecule has 31 heavy (non-hydrogen) atoms. The number of aryl methyl sites for hydroxylation is 1. The van der Waals surface area contributed by atoms with Crippen LogP contribution in [-0.2, 0) is 6.42 Å². The molecule has 0 radical (unpaired) electrons. The molecule has 1 aromatic rings. The topological polar surface area (TPSA) is 60.7 Å². The summed E-state index contributed by atoms with van der Waals surface area (Å²) in [6.07, 6.45) is 12.5. The average Bonchev–Trinajstić information content (AvgIpc) is 2.65. The maximum absolute atomic E-state index is 10.9. The van der Waals surface area contributed by atoms with E-state index in [0.29, 0.717) is 12.8 Å². The van der Waals surface area contributed by atoms with Crippen LogP contribution in [0.4, 0.5) is 0 Å². The Morgan fingerprint density at radius 2 is 1.32 bits per heavy atom. The molecule has 3 atom stereocenters. The molecule has 1 aromatic carbocycles. The van der Waals surface area contributed by atoms with Crippen molar-refractivity contribution in [3.63, 3.8) is 0 Å². The highest BCUT2D eigenvalue weighted by Crippen LogP contribution is 2.35. The summed E-state index contributed by atoms with van der Waals surface area (Å²) in [6, 6.07) is 1.61. The molecule has 3 unspecified atom stereocenters. The minimum atomic E-state index is -0.697. The number of benzene rings is 1. The molecular weight excluding hydrogens is 384 g/mol. The Balaban J connectivity index is 2.29. The molecule has 3 N–H and O–H groups in total. The predicted octanol–water partition coefficient (Wildman–Crippen LogP) is 7.84. The molecule has 0 aliphatic rings. The van der Waals surface area contributed by atoms with Crippen LogP contribution in [0.1, 0.15) is 116 Å². The summed E-state index contributed by atoms with van der Waals surface area (Å²) in [4.78, 5) is 0. The van der Waals surface area contributed by atoms with E-state index >= 15 is 0 Å². The van der Waals surface area contributed by atoms with Crippen molar-refractivity contribution in [1.82, 2.24) is 0 Å². The van der Waals surface area contributed by atoms with Crippen LogP contribution in [-0.4, -0.2) is 20.9 Å². The second-order valence-electron chi connectivity index (χ2n) is 11.0. The van der Waals surface area contributed by atoms with Gasteiger partial charge in [0.2, 0.25) is 0 Å². The van der Waals surface area contributed by atoms with Crippen LogP contribution < -0.4 is 0 Å². The van der Waals surface area contributed by atoms with Gasteiger partial charge in [-0.2, -0.15) is 0 Å². The molecule has 0 bridgehead atoms. The van der Waals surface area contributed by atoms with Crippen molar-refractivity contribution >= 4 is 0 Å². The lowest BCUT2D eigenvalue weighted by molar-refractivity contribution is 0.0385. The first-order valence-electron chi connectivity index (χ1n) is 12.7. The molecule has 0 aromatic heterocycles. The van der Waals surface area contributed by atoms with Gasteiger partial charge in [-0.15, -0.1) is 0 Å². The Morgan fingerprint density at radius 1 is 0.806 bits per heavy atom. The molecule has 0 saturated heterocycles. The first-order valence-corrected chi connectivity index (χ1v) is 12.7. The van der Waals surface area contributed by atoms with Crippen molar-refractivity contribution < 1.29 is 15.3 Å². The van der Waals surface area contributed by atoms with E-state index < -0.39 is 5.60 Å². The van der Waals surface area contributed by atoms with Crippen molar-refractivity contribution in [2.45, 2.75) is 125 Å². The lowest BCUT2D eigenvalue weighted by Gasteiger charge is -2.25. The van der Waals surface area contributed by atoms with Crippen LogP contribution in [0.5, 0.6) is 11.5 Å². The predicted molar refractivity (Wildman–Crippen MR) is 133 cm³/mol. The summed E-state index contributed by atoms with van der Waals surface area (Å²) in [5, 5.41) is 30.6. The Kier molecular flexibility index (Phi) is 12.0. The van der Waals surface area contributed by atoms with Gasteiger partial charge in [-0.3, -0.25) is 0 Å². The molecule has 0 aliphatic carbocycles. The minimum Gasteiger partial charge on any atom is -0.504 e. The third-order valence-corrected chi connectivity index (χ3v) is 7.08. The van der Waals surface area contributed by atoms with Crippen molar-refractivity contribution in [2.24, 2.45) is 17.8 Å². The monoisotopic (exact) mass is 434 g/mol. The third kappa shape index (κ3) is 10.8. The minimum absolute atomic E-state index is 0.0386. The zero-order chi connectivity index (χ0) is 23.6. The van der Waals surface area contributed by atoms with Crippen LogP contribution in [0.2, 0.25) is 0 Å². The molecule has 0 amide bonds. The first-order chi connectivity index (χ1) is 14.4. The van der Waals surface area contributed by atoms with Crippen LogP contribution in [0.15, 0.2) is 6.07 Å². The van der Waals surface area contributed by atoms with E-state index in [-0.39, 0.29) is 11.5 Å². The molecule has 0 saturated carbocycles. The number of aliphatic hydroxyl groups is 1. The van der Waals surface area contributed by atoms with Gasteiger partial charge in [-0.1, -0.05) is 79.1 Å². The normalized spacial score (nSPS) is 15.8. The Morgan fingerprint density at radius 3 is 1.87 bits per heavy atom. The Hall–Kier alpha value is -1.22. The van der Waals surface area contributed by atoms with E-state index in [9.17, 15) is 15.3 Å². The molecule has 3 heteroatoms. The second-order valence-corrected chi connectivity index (χ2v) is 11.0. The van der Waals surface area contributed by atoms with Gasteiger partial charge in [0, 0.05) is 0 Å². The SMILES string of the molecule is Cc1cc(O)c(O)c(C)c1CCC(C)(O)CCCC(C)CCCC(C)CCCC(C)C. The highest BCUT2D eigenvalue weighted by molar-refractivity contribution is 5.52. The Bertz CT molecular complexity index is 648. The maximum atomic E-state index is 10.9. The molecule has 180 valence electrons. The zero-order valence-electron chi connectivity index (χ0n) is 21.4. The van der Waals surface area contributed by atoms with E-state index in [1.165, 1.54) is 44.9 Å². The fourth-order valence-corrected chi connectivity index (χ4v) is 4.70. The van der Waals surface area contributed by atoms with E-state index in [1.807, 2.05) is 20.8 Å². The summed E-state index contributed by atoms with van der Waals surface area (Å²) in [5.41, 5.74) is 2.03. The largest absolute Gasteiger partial charge is 0.504 e. The van der Waals surface area contributed by atoms with E-state index in [1.54, 1.807) is 6.07 Å². The number of rotatable bonds is 15. The fourth-order valence-electron chi connectivity index (χ4n) is 4.70. The number of phenolic OH excluding ortho intramolecular Hbond substituents is 2. The average molecular weight is 435 g/mol. The maximum Gasteiger partial charge on any atom is 0.160 e. The van der Waals surface area contributed by atoms with Crippen molar-refractivity contribution in [1.29, 1.82) is 0 Å². The molecule has 0 spiro atoms. The highest BCUT2D eigenvalue weighted by Gasteiger charge is 2.22. The lowest BCUT2D eigenvalue weighted by Crippen LogP contribution is -2.25. The second kappa shape index (κ2) is 13.4. The van der Waals surface area contributed by atoms with Crippen LogP contribution >= 0.6 is 0 Å². The van der Waals surface area contributed by atoms with Gasteiger partial charge in [0.1, 0.15) is 0 Å². The summed E-state index contributed by atoms with van der Waals surface area (Å²) >= 11 is 0. The van der Waals surface area contributed by atoms with Gasteiger partial charge in [0.25, 0.3) is 0 Å². The van der Waals surface area contributed by atoms with Gasteiger partial charge in [0.05, 0.1) is 5.60 Å². The number of hydrogen-bond acceptors (Lipinski definition) is 3. The smallest absolute Gasteiger partial charge is 0.160 e. The molecule has 0 heterocycles. The van der Waals surface area contributed by atoms with E-state index in [4.69, 9.17) is 0 Å². The van der Waals surface area contributed by atoms with Crippen LogP contribution in [0.25, 0.3) is 0 Å². The fraction of sp³-hybridized carbons (Fsp3) is 0.786. The number of hydrogen-bond donors (Lipinski definition) is 3. The molecule has 0 aliphatic heterocycles. The summed E-state index contributed by atoms with van der Waals surface area (Å²) in [6.45, 7) is 15.1. The quantitative estimate of drug-likeness (QED) is 0.246. The van der Waals surface area contributed by atoms with E-state index in [0.717, 1.165) is 47.3 Å². The van der Waals surface area contributed by atoms with Crippen LogP contribution in [0.3, 0.4) is 0 Å². The van der Waals surface area contributed by atoms with Gasteiger partial charge in [-0.25, -0.2) is 0 Å². The molecule has 0 fully saturated rings. The van der Waals surface area contributed by atoms with Gasteiger partial charge in [-0.05, 0) is 80.5 Å². The van der Waals surface area contributed by atoms with Crippen LogP contribution in [0, 0.1) is 31.6 Å². The van der Waals surface area contributed by atoms with Crippen molar-refractivity contribution in [2.75, 3.05) is 0 Å². The molecular formula is C28H50O3. The van der Waals surface area contributed by atoms with Gasteiger partial charge >= 0.3 is 0 Å². The van der Waals surface area contributed by atoms with Gasteiger partial charge in [0.15, 0.2) is 11.5 Å². The molecule has 3 nitrogen and oxygen atoms in total. The first kappa shape index (κ1) is 27.8. The van der Waals surface area contributed by atoms with Gasteiger partial charge < -0.3 is 15.3 Å². The summed E-state index contributed by atoms with van der Waals surface area (Å²) in [5.74, 6) is 2.29.